The topological polar surface area (TPSA) is 83.6 Å². The summed E-state index contributed by atoms with van der Waals surface area (Å²) in [5, 5.41) is 23.3. The van der Waals surface area contributed by atoms with E-state index in [9.17, 15) is 10.1 Å². The van der Waals surface area contributed by atoms with Crippen molar-refractivity contribution in [3.05, 3.63) is 70.4 Å². The van der Waals surface area contributed by atoms with Crippen LogP contribution < -0.4 is 5.32 Å². The van der Waals surface area contributed by atoms with E-state index in [1.54, 1.807) is 11.3 Å². The summed E-state index contributed by atoms with van der Waals surface area (Å²) in [6.07, 6.45) is 7.02. The Bertz CT molecular complexity index is 1370. The summed E-state index contributed by atoms with van der Waals surface area (Å²) in [5.41, 5.74) is 3.39. The number of hydrogen-bond acceptors (Lipinski definition) is 6. The van der Waals surface area contributed by atoms with Gasteiger partial charge in [0, 0.05) is 17.3 Å². The van der Waals surface area contributed by atoms with Crippen LogP contribution in [0.15, 0.2) is 48.1 Å². The molecule has 8 heteroatoms. The van der Waals surface area contributed by atoms with Gasteiger partial charge in [-0.15, -0.1) is 28.1 Å². The molecule has 5 rings (SSSR count). The van der Waals surface area contributed by atoms with E-state index in [1.165, 1.54) is 22.2 Å². The van der Waals surface area contributed by atoms with Crippen LogP contribution in [-0.4, -0.2) is 26.4 Å². The number of amides is 1. The number of thioether (sulfide) groups is 1. The van der Waals surface area contributed by atoms with Crippen LogP contribution in [0.3, 0.4) is 0 Å². The maximum absolute atomic E-state index is 13.0. The minimum Gasteiger partial charge on any atom is -0.316 e. The van der Waals surface area contributed by atoms with Crippen LogP contribution >= 0.6 is 23.1 Å². The Balaban J connectivity index is 1.25. The molecule has 3 unspecified atom stereocenters. The highest BCUT2D eigenvalue weighted by Gasteiger charge is 2.43. The molecule has 0 aliphatic heterocycles. The summed E-state index contributed by atoms with van der Waals surface area (Å²) >= 11 is 2.97. The minimum absolute atomic E-state index is 0.126. The van der Waals surface area contributed by atoms with E-state index in [-0.39, 0.29) is 17.1 Å². The number of anilines is 1. The quantitative estimate of drug-likeness (QED) is 0.220. The van der Waals surface area contributed by atoms with Gasteiger partial charge < -0.3 is 9.88 Å². The second kappa shape index (κ2) is 11.1. The fourth-order valence-electron chi connectivity index (χ4n) is 5.57. The molecule has 2 heterocycles. The summed E-state index contributed by atoms with van der Waals surface area (Å²) in [6, 6.07) is 12.9. The van der Waals surface area contributed by atoms with Gasteiger partial charge in [-0.25, -0.2) is 0 Å². The molecular weight excluding hydrogens is 510 g/mol. The Morgan fingerprint density at radius 3 is 2.82 bits per heavy atom. The molecule has 38 heavy (non-hydrogen) atoms. The van der Waals surface area contributed by atoms with E-state index < -0.39 is 0 Å². The third kappa shape index (κ3) is 5.32. The van der Waals surface area contributed by atoms with Crippen LogP contribution in [0.25, 0.3) is 0 Å². The lowest BCUT2D eigenvalue weighted by Crippen LogP contribution is -2.28. The molecule has 0 saturated heterocycles. The van der Waals surface area contributed by atoms with Gasteiger partial charge in [0.15, 0.2) is 5.16 Å². The first-order valence-electron chi connectivity index (χ1n) is 13.4. The van der Waals surface area contributed by atoms with Crippen molar-refractivity contribution in [2.45, 2.75) is 76.4 Å². The van der Waals surface area contributed by atoms with Crippen LogP contribution in [0, 0.1) is 22.7 Å². The second-order valence-electron chi connectivity index (χ2n) is 11.0. The summed E-state index contributed by atoms with van der Waals surface area (Å²) in [4.78, 5) is 14.2. The number of fused-ring (bicyclic) bond motifs is 1. The fourth-order valence-corrected chi connectivity index (χ4v) is 7.62. The molecule has 2 aromatic heterocycles. The molecule has 1 saturated carbocycles. The van der Waals surface area contributed by atoms with Crippen molar-refractivity contribution in [1.82, 2.24) is 14.8 Å². The Kier molecular flexibility index (Phi) is 7.78. The molecule has 0 radical (unpaired) electrons. The van der Waals surface area contributed by atoms with E-state index in [1.807, 2.05) is 12.1 Å². The standard InChI is InChI=1S/C30H35N5OS2/c1-5-14-35-27(23-16-22(23)19-10-8-7-9-11-19)33-34-29(35)37-18-26(36)32-28-24(17-31)21-13-12-20(15-25(21)38-28)30(3,4)6-2/h5,7-11,20,22-23H,1,6,12-16,18H2,2-4H3,(H,32,36). The van der Waals surface area contributed by atoms with Crippen molar-refractivity contribution in [1.29, 1.82) is 5.26 Å². The van der Waals surface area contributed by atoms with Gasteiger partial charge in [0.2, 0.25) is 5.91 Å². The van der Waals surface area contributed by atoms with Crippen molar-refractivity contribution in [3.63, 3.8) is 0 Å². The summed E-state index contributed by atoms with van der Waals surface area (Å²) in [5.74, 6) is 2.44. The van der Waals surface area contributed by atoms with E-state index in [0.717, 1.165) is 48.6 Å². The number of carbonyl (C=O) groups is 1. The van der Waals surface area contributed by atoms with Gasteiger partial charge in [0.25, 0.3) is 0 Å². The average Bonchev–Trinajstić information content (AvgIpc) is 3.50. The van der Waals surface area contributed by atoms with Gasteiger partial charge in [-0.1, -0.05) is 75.4 Å². The Hall–Kier alpha value is -2.89. The molecule has 0 bridgehead atoms. The average molecular weight is 546 g/mol. The Labute approximate surface area is 233 Å². The fraction of sp³-hybridized carbons (Fsp3) is 0.467. The SMILES string of the molecule is C=CCn1c(SCC(=O)Nc2sc3c(c2C#N)CCC(C(C)(C)CC)C3)nnc1C1CC1c1ccccc1. The summed E-state index contributed by atoms with van der Waals surface area (Å²) < 4.78 is 2.08. The van der Waals surface area contributed by atoms with Crippen LogP contribution in [-0.2, 0) is 24.2 Å². The highest BCUT2D eigenvalue weighted by atomic mass is 32.2. The molecule has 1 aromatic carbocycles. The van der Waals surface area contributed by atoms with Crippen molar-refractivity contribution in [2.75, 3.05) is 11.1 Å². The smallest absolute Gasteiger partial charge is 0.235 e. The predicted octanol–water partition coefficient (Wildman–Crippen LogP) is 6.94. The minimum atomic E-state index is -0.126. The largest absolute Gasteiger partial charge is 0.316 e. The molecule has 2 aliphatic rings. The highest BCUT2D eigenvalue weighted by molar-refractivity contribution is 7.99. The lowest BCUT2D eigenvalue weighted by atomic mass is 9.69. The van der Waals surface area contributed by atoms with Crippen molar-refractivity contribution >= 4 is 34.0 Å². The lowest BCUT2D eigenvalue weighted by Gasteiger charge is -2.36. The first-order valence-corrected chi connectivity index (χ1v) is 15.2. The van der Waals surface area contributed by atoms with Gasteiger partial charge >= 0.3 is 0 Å². The van der Waals surface area contributed by atoms with E-state index >= 15 is 0 Å². The first-order chi connectivity index (χ1) is 18.4. The number of aromatic nitrogens is 3. The van der Waals surface area contributed by atoms with Gasteiger partial charge in [-0.05, 0) is 54.1 Å². The maximum Gasteiger partial charge on any atom is 0.235 e. The van der Waals surface area contributed by atoms with Crippen molar-refractivity contribution in [3.8, 4) is 6.07 Å². The van der Waals surface area contributed by atoms with Crippen LogP contribution in [0.1, 0.15) is 79.3 Å². The van der Waals surface area contributed by atoms with Gasteiger partial charge in [-0.3, -0.25) is 4.79 Å². The van der Waals surface area contributed by atoms with Gasteiger partial charge in [-0.2, -0.15) is 5.26 Å². The molecule has 3 atom stereocenters. The second-order valence-corrected chi connectivity index (χ2v) is 13.1. The Morgan fingerprint density at radius 1 is 1.32 bits per heavy atom. The van der Waals surface area contributed by atoms with E-state index in [0.29, 0.717) is 34.9 Å². The first kappa shape index (κ1) is 26.7. The number of allylic oxidation sites excluding steroid dienone is 1. The number of carbonyl (C=O) groups excluding carboxylic acids is 1. The molecule has 1 amide bonds. The number of benzene rings is 1. The van der Waals surface area contributed by atoms with E-state index in [4.69, 9.17) is 0 Å². The van der Waals surface area contributed by atoms with Crippen molar-refractivity contribution in [2.24, 2.45) is 11.3 Å². The van der Waals surface area contributed by atoms with Crippen LogP contribution in [0.2, 0.25) is 0 Å². The zero-order valence-electron chi connectivity index (χ0n) is 22.4. The predicted molar refractivity (Wildman–Crippen MR) is 155 cm³/mol. The number of thiophene rings is 1. The van der Waals surface area contributed by atoms with Crippen LogP contribution in [0.5, 0.6) is 0 Å². The zero-order valence-corrected chi connectivity index (χ0v) is 24.0. The number of nitriles is 1. The lowest BCUT2D eigenvalue weighted by molar-refractivity contribution is -0.113. The summed E-state index contributed by atoms with van der Waals surface area (Å²) in [6.45, 7) is 11.4. The normalized spacial score (nSPS) is 20.4. The molecule has 1 fully saturated rings. The third-order valence-corrected chi connectivity index (χ3v) is 10.5. The van der Waals surface area contributed by atoms with Crippen LogP contribution in [0.4, 0.5) is 5.00 Å². The van der Waals surface area contributed by atoms with Gasteiger partial charge in [0.05, 0.1) is 11.3 Å². The molecule has 1 N–H and O–H groups in total. The molecule has 0 spiro atoms. The highest BCUT2D eigenvalue weighted by Crippen LogP contribution is 2.54. The zero-order chi connectivity index (χ0) is 26.9. The third-order valence-electron chi connectivity index (χ3n) is 8.39. The number of rotatable bonds is 10. The van der Waals surface area contributed by atoms with Gasteiger partial charge in [0.1, 0.15) is 16.9 Å². The maximum atomic E-state index is 13.0. The number of nitrogens with one attached hydrogen (secondary N) is 1. The molecule has 2 aliphatic carbocycles. The summed E-state index contributed by atoms with van der Waals surface area (Å²) in [7, 11) is 0. The molecular formula is C30H35N5OS2. The van der Waals surface area contributed by atoms with Crippen molar-refractivity contribution < 1.29 is 4.79 Å². The molecule has 3 aromatic rings. The number of hydrogen-bond donors (Lipinski definition) is 1. The monoisotopic (exact) mass is 545 g/mol. The number of nitrogens with zero attached hydrogens (tertiary/aromatic N) is 4. The molecule has 6 nitrogen and oxygen atoms in total. The Morgan fingerprint density at radius 2 is 2.11 bits per heavy atom. The molecule has 198 valence electrons. The van der Waals surface area contributed by atoms with E-state index in [2.05, 4.69) is 77.8 Å².